The lowest BCUT2D eigenvalue weighted by Gasteiger charge is -2.45. The maximum atomic E-state index is 4.63. The highest BCUT2D eigenvalue weighted by Crippen LogP contribution is 2.36. The van der Waals surface area contributed by atoms with E-state index in [4.69, 9.17) is 0 Å². The van der Waals surface area contributed by atoms with E-state index in [1.165, 1.54) is 51.9 Å². The van der Waals surface area contributed by atoms with Crippen LogP contribution in [0.5, 0.6) is 0 Å². The molecule has 0 aromatic carbocycles. The third-order valence-electron chi connectivity index (χ3n) is 6.19. The zero-order chi connectivity index (χ0) is 18.1. The number of piperazine rings is 1. The van der Waals surface area contributed by atoms with Crippen LogP contribution in [0.2, 0.25) is 0 Å². The predicted octanol–water partition coefficient (Wildman–Crippen LogP) is 2.22. The number of aromatic nitrogens is 4. The highest BCUT2D eigenvalue weighted by atomic mass is 15.4. The summed E-state index contributed by atoms with van der Waals surface area (Å²) >= 11 is 0. The predicted molar refractivity (Wildman–Crippen MR) is 104 cm³/mol. The van der Waals surface area contributed by atoms with Gasteiger partial charge in [0, 0.05) is 38.3 Å². The zero-order valence-electron chi connectivity index (χ0n) is 16.3. The molecule has 2 fully saturated rings. The van der Waals surface area contributed by atoms with E-state index in [1.54, 1.807) is 10.8 Å². The molecule has 7 nitrogen and oxygen atoms in total. The fourth-order valence-electron chi connectivity index (χ4n) is 4.44. The first-order valence-electron chi connectivity index (χ1n) is 9.96. The average molecular weight is 358 g/mol. The van der Waals surface area contributed by atoms with Crippen LogP contribution in [-0.2, 0) is 0 Å². The molecular formula is C19H31N7. The second-order valence-electron chi connectivity index (χ2n) is 8.31. The lowest BCUT2D eigenvalue weighted by molar-refractivity contribution is 0.0511. The van der Waals surface area contributed by atoms with Crippen LogP contribution < -0.4 is 5.32 Å². The minimum absolute atomic E-state index is 0.277. The van der Waals surface area contributed by atoms with Crippen molar-refractivity contribution in [3.05, 3.63) is 18.1 Å². The molecule has 0 spiro atoms. The molecular weight excluding hydrogens is 326 g/mol. The quantitative estimate of drug-likeness (QED) is 0.885. The van der Waals surface area contributed by atoms with E-state index >= 15 is 0 Å². The van der Waals surface area contributed by atoms with Crippen LogP contribution in [0.25, 0.3) is 5.65 Å². The maximum Gasteiger partial charge on any atom is 0.200 e. The first kappa shape index (κ1) is 17.7. The van der Waals surface area contributed by atoms with Crippen LogP contribution in [0.1, 0.15) is 51.1 Å². The Bertz CT molecular complexity index is 739. The smallest absolute Gasteiger partial charge is 0.200 e. The molecule has 2 aromatic heterocycles. The van der Waals surface area contributed by atoms with Crippen LogP contribution in [0, 0.1) is 0 Å². The molecule has 1 saturated carbocycles. The molecule has 26 heavy (non-hydrogen) atoms. The van der Waals surface area contributed by atoms with Crippen molar-refractivity contribution < 1.29 is 0 Å². The van der Waals surface area contributed by atoms with Gasteiger partial charge in [0.15, 0.2) is 0 Å². The summed E-state index contributed by atoms with van der Waals surface area (Å²) in [5.41, 5.74) is 3.22. The molecule has 2 aliphatic rings. The highest BCUT2D eigenvalue weighted by Gasteiger charge is 2.40. The fourth-order valence-corrected chi connectivity index (χ4v) is 4.44. The Balaban J connectivity index is 1.56. The van der Waals surface area contributed by atoms with E-state index in [9.17, 15) is 0 Å². The van der Waals surface area contributed by atoms with E-state index < -0.39 is 0 Å². The summed E-state index contributed by atoms with van der Waals surface area (Å²) in [5, 5.41) is 16.7. The standard InChI is InChI=1S/C19H31N7/c1-15(2)16-12-17(18-22-21-14-26(18)23-16)20-13-19(6-4-5-7-19)25-10-8-24(3)9-11-25/h12,14-15,20H,4-11,13H2,1-3H3. The first-order valence-corrected chi connectivity index (χ1v) is 9.96. The van der Waals surface area contributed by atoms with Crippen molar-refractivity contribution in [3.63, 3.8) is 0 Å². The van der Waals surface area contributed by atoms with E-state index in [2.05, 4.69) is 57.4 Å². The third kappa shape index (κ3) is 3.30. The number of hydrogen-bond acceptors (Lipinski definition) is 6. The van der Waals surface area contributed by atoms with Crippen LogP contribution in [-0.4, -0.2) is 74.9 Å². The molecule has 2 aromatic rings. The molecule has 1 saturated heterocycles. The second kappa shape index (κ2) is 7.12. The highest BCUT2D eigenvalue weighted by molar-refractivity contribution is 5.67. The van der Waals surface area contributed by atoms with Crippen LogP contribution in [0.3, 0.4) is 0 Å². The number of nitrogens with zero attached hydrogens (tertiary/aromatic N) is 6. The largest absolute Gasteiger partial charge is 0.380 e. The summed E-state index contributed by atoms with van der Waals surface area (Å²) in [7, 11) is 2.23. The van der Waals surface area contributed by atoms with Crippen molar-refractivity contribution >= 4 is 11.3 Å². The summed E-state index contributed by atoms with van der Waals surface area (Å²) in [6, 6.07) is 2.15. The van der Waals surface area contributed by atoms with Gasteiger partial charge in [-0.15, -0.1) is 10.2 Å². The van der Waals surface area contributed by atoms with Gasteiger partial charge >= 0.3 is 0 Å². The molecule has 0 radical (unpaired) electrons. The van der Waals surface area contributed by atoms with Gasteiger partial charge < -0.3 is 10.2 Å². The molecule has 7 heteroatoms. The van der Waals surface area contributed by atoms with E-state index in [1.807, 2.05) is 0 Å². The summed E-state index contributed by atoms with van der Waals surface area (Å²) < 4.78 is 1.80. The zero-order valence-corrected chi connectivity index (χ0v) is 16.3. The van der Waals surface area contributed by atoms with Crippen LogP contribution in [0.4, 0.5) is 5.69 Å². The van der Waals surface area contributed by atoms with Gasteiger partial charge in [0.1, 0.15) is 6.33 Å². The lowest BCUT2D eigenvalue weighted by Crippen LogP contribution is -2.58. The molecule has 0 unspecified atom stereocenters. The Morgan fingerprint density at radius 3 is 2.58 bits per heavy atom. The Hall–Kier alpha value is -1.73. The SMILES string of the molecule is CC(C)c1cc(NCC2(N3CCN(C)CC3)CCCC2)c2nncn2n1. The van der Waals surface area contributed by atoms with Crippen molar-refractivity contribution in [3.8, 4) is 0 Å². The number of anilines is 1. The summed E-state index contributed by atoms with van der Waals surface area (Å²) in [6.07, 6.45) is 6.94. The number of likely N-dealkylation sites (N-methyl/N-ethyl adjacent to an activating group) is 1. The number of rotatable bonds is 5. The van der Waals surface area contributed by atoms with Gasteiger partial charge in [0.05, 0.1) is 11.4 Å². The van der Waals surface area contributed by atoms with E-state index in [-0.39, 0.29) is 5.54 Å². The van der Waals surface area contributed by atoms with E-state index in [0.717, 1.165) is 23.6 Å². The Morgan fingerprint density at radius 2 is 1.88 bits per heavy atom. The van der Waals surface area contributed by atoms with Crippen LogP contribution >= 0.6 is 0 Å². The van der Waals surface area contributed by atoms with E-state index in [0.29, 0.717) is 5.92 Å². The number of fused-ring (bicyclic) bond motifs is 1. The molecule has 0 bridgehead atoms. The van der Waals surface area contributed by atoms with Gasteiger partial charge in [0.2, 0.25) is 5.65 Å². The summed E-state index contributed by atoms with van der Waals surface area (Å²) in [5.74, 6) is 0.375. The molecule has 142 valence electrons. The van der Waals surface area contributed by atoms with Gasteiger partial charge in [-0.2, -0.15) is 9.61 Å². The van der Waals surface area contributed by atoms with Crippen molar-refractivity contribution in [2.24, 2.45) is 0 Å². The number of nitrogens with one attached hydrogen (secondary N) is 1. The van der Waals surface area contributed by atoms with Gasteiger partial charge in [-0.3, -0.25) is 4.90 Å². The molecule has 1 aliphatic carbocycles. The van der Waals surface area contributed by atoms with Gasteiger partial charge in [0.25, 0.3) is 0 Å². The summed E-state index contributed by atoms with van der Waals surface area (Å²) in [6.45, 7) is 10.0. The summed E-state index contributed by atoms with van der Waals surface area (Å²) in [4.78, 5) is 5.17. The third-order valence-corrected chi connectivity index (χ3v) is 6.19. The fraction of sp³-hybridized carbons (Fsp3) is 0.737. The van der Waals surface area contributed by atoms with Crippen molar-refractivity contribution in [2.45, 2.75) is 51.0 Å². The minimum Gasteiger partial charge on any atom is -0.380 e. The lowest BCUT2D eigenvalue weighted by atomic mass is 9.93. The first-order chi connectivity index (χ1) is 12.6. The second-order valence-corrected chi connectivity index (χ2v) is 8.31. The minimum atomic E-state index is 0.277. The molecule has 3 heterocycles. The average Bonchev–Trinajstić information content (AvgIpc) is 3.30. The van der Waals surface area contributed by atoms with Gasteiger partial charge in [-0.05, 0) is 31.9 Å². The van der Waals surface area contributed by atoms with Gasteiger partial charge in [-0.1, -0.05) is 26.7 Å². The van der Waals surface area contributed by atoms with Crippen molar-refractivity contribution in [2.75, 3.05) is 45.1 Å². The Labute approximate surface area is 155 Å². The molecule has 0 atom stereocenters. The molecule has 1 N–H and O–H groups in total. The van der Waals surface area contributed by atoms with Crippen molar-refractivity contribution in [1.82, 2.24) is 29.6 Å². The monoisotopic (exact) mass is 357 g/mol. The molecule has 1 aliphatic heterocycles. The maximum absolute atomic E-state index is 4.63. The van der Waals surface area contributed by atoms with Gasteiger partial charge in [-0.25, -0.2) is 0 Å². The molecule has 4 rings (SSSR count). The van der Waals surface area contributed by atoms with Crippen molar-refractivity contribution in [1.29, 1.82) is 0 Å². The number of hydrogen-bond donors (Lipinski definition) is 1. The topological polar surface area (TPSA) is 61.6 Å². The normalized spacial score (nSPS) is 21.7. The molecule has 0 amide bonds. The Morgan fingerprint density at radius 1 is 1.15 bits per heavy atom. The Kier molecular flexibility index (Phi) is 4.84. The van der Waals surface area contributed by atoms with Crippen LogP contribution in [0.15, 0.2) is 12.4 Å².